The highest BCUT2D eigenvalue weighted by atomic mass is 14.9. The van der Waals surface area contributed by atoms with Crippen molar-refractivity contribution >= 4 is 0 Å². The van der Waals surface area contributed by atoms with Crippen LogP contribution in [0.25, 0.3) is 0 Å². The number of nitrogens with one attached hydrogen (secondary N) is 1. The second-order valence-corrected chi connectivity index (χ2v) is 4.63. The van der Waals surface area contributed by atoms with Gasteiger partial charge in [0.2, 0.25) is 0 Å². The molecule has 0 aliphatic carbocycles. The molecular formula is C15H23N. The fourth-order valence-corrected chi connectivity index (χ4v) is 2.00. The van der Waals surface area contributed by atoms with Gasteiger partial charge >= 0.3 is 0 Å². The van der Waals surface area contributed by atoms with E-state index in [1.807, 2.05) is 7.05 Å². The molecule has 0 radical (unpaired) electrons. The summed E-state index contributed by atoms with van der Waals surface area (Å²) in [6.07, 6.45) is 2.20. The van der Waals surface area contributed by atoms with Crippen LogP contribution in [0.5, 0.6) is 0 Å². The number of allylic oxidation sites excluding steroid dienone is 1. The summed E-state index contributed by atoms with van der Waals surface area (Å²) in [5.74, 6) is 0. The summed E-state index contributed by atoms with van der Waals surface area (Å²) in [4.78, 5) is 0. The van der Waals surface area contributed by atoms with Gasteiger partial charge in [-0.1, -0.05) is 23.8 Å². The molecule has 16 heavy (non-hydrogen) atoms. The van der Waals surface area contributed by atoms with E-state index >= 15 is 0 Å². The van der Waals surface area contributed by atoms with Crippen LogP contribution in [0.15, 0.2) is 30.4 Å². The Morgan fingerprint density at radius 2 is 2.06 bits per heavy atom. The first-order chi connectivity index (χ1) is 7.56. The number of hydrogen-bond donors (Lipinski definition) is 1. The summed E-state index contributed by atoms with van der Waals surface area (Å²) < 4.78 is 0. The van der Waals surface area contributed by atoms with E-state index in [4.69, 9.17) is 0 Å². The number of aryl methyl sites for hydroxylation is 1. The third kappa shape index (κ3) is 3.21. The number of rotatable bonds is 5. The van der Waals surface area contributed by atoms with Crippen LogP contribution in [0, 0.1) is 13.8 Å². The fourth-order valence-electron chi connectivity index (χ4n) is 2.00. The normalized spacial score (nSPS) is 12.5. The van der Waals surface area contributed by atoms with Crippen LogP contribution >= 0.6 is 0 Å². The predicted octanol–water partition coefficient (Wildman–Crippen LogP) is 3.92. The largest absolute Gasteiger partial charge is 0.313 e. The molecule has 1 aromatic carbocycles. The SMILES string of the molecule is C=C(C)CCC(NC)c1cccc(C)c1C. The van der Waals surface area contributed by atoms with Gasteiger partial charge in [-0.2, -0.15) is 0 Å². The van der Waals surface area contributed by atoms with E-state index in [9.17, 15) is 0 Å². The minimum absolute atomic E-state index is 0.441. The molecular weight excluding hydrogens is 194 g/mol. The molecule has 1 unspecified atom stereocenters. The lowest BCUT2D eigenvalue weighted by molar-refractivity contribution is 0.545. The highest BCUT2D eigenvalue weighted by Crippen LogP contribution is 2.24. The van der Waals surface area contributed by atoms with Crippen molar-refractivity contribution < 1.29 is 0 Å². The van der Waals surface area contributed by atoms with Gasteiger partial charge in [0, 0.05) is 6.04 Å². The maximum absolute atomic E-state index is 3.97. The van der Waals surface area contributed by atoms with Gasteiger partial charge in [-0.3, -0.25) is 0 Å². The summed E-state index contributed by atoms with van der Waals surface area (Å²) >= 11 is 0. The first-order valence-electron chi connectivity index (χ1n) is 5.94. The molecule has 1 nitrogen and oxygen atoms in total. The van der Waals surface area contributed by atoms with Gasteiger partial charge in [-0.15, -0.1) is 6.58 Å². The van der Waals surface area contributed by atoms with Crippen LogP contribution in [-0.4, -0.2) is 7.05 Å². The van der Waals surface area contributed by atoms with Crippen molar-refractivity contribution in [2.75, 3.05) is 7.05 Å². The lowest BCUT2D eigenvalue weighted by Gasteiger charge is -2.20. The van der Waals surface area contributed by atoms with Crippen LogP contribution < -0.4 is 5.32 Å². The molecule has 1 atom stereocenters. The highest BCUT2D eigenvalue weighted by molar-refractivity contribution is 5.35. The smallest absolute Gasteiger partial charge is 0.0323 e. The molecule has 0 saturated carbocycles. The summed E-state index contributed by atoms with van der Waals surface area (Å²) in [6.45, 7) is 10.4. The molecule has 0 bridgehead atoms. The van der Waals surface area contributed by atoms with Crippen LogP contribution in [0.2, 0.25) is 0 Å². The van der Waals surface area contributed by atoms with Crippen LogP contribution in [0.3, 0.4) is 0 Å². The molecule has 0 amide bonds. The monoisotopic (exact) mass is 217 g/mol. The quantitative estimate of drug-likeness (QED) is 0.737. The van der Waals surface area contributed by atoms with Crippen molar-refractivity contribution in [1.82, 2.24) is 5.32 Å². The molecule has 0 heterocycles. The zero-order chi connectivity index (χ0) is 12.1. The molecule has 0 saturated heterocycles. The van der Waals surface area contributed by atoms with Gasteiger partial charge in [0.1, 0.15) is 0 Å². The highest BCUT2D eigenvalue weighted by Gasteiger charge is 2.12. The maximum atomic E-state index is 3.97. The van der Waals surface area contributed by atoms with Gasteiger partial charge in [-0.25, -0.2) is 0 Å². The van der Waals surface area contributed by atoms with E-state index in [0.717, 1.165) is 12.8 Å². The third-order valence-electron chi connectivity index (χ3n) is 3.23. The molecule has 1 N–H and O–H groups in total. The molecule has 0 fully saturated rings. The van der Waals surface area contributed by atoms with E-state index < -0.39 is 0 Å². The number of benzene rings is 1. The Balaban J connectivity index is 2.86. The molecule has 1 heteroatoms. The van der Waals surface area contributed by atoms with Gasteiger partial charge in [0.05, 0.1) is 0 Å². The van der Waals surface area contributed by atoms with Crippen molar-refractivity contribution in [1.29, 1.82) is 0 Å². The minimum atomic E-state index is 0.441. The zero-order valence-corrected chi connectivity index (χ0v) is 10.9. The minimum Gasteiger partial charge on any atom is -0.313 e. The lowest BCUT2D eigenvalue weighted by Crippen LogP contribution is -2.17. The molecule has 1 rings (SSSR count). The van der Waals surface area contributed by atoms with Crippen LogP contribution in [0.1, 0.15) is 42.5 Å². The van der Waals surface area contributed by atoms with Crippen molar-refractivity contribution in [3.05, 3.63) is 47.0 Å². The maximum Gasteiger partial charge on any atom is 0.0323 e. The van der Waals surface area contributed by atoms with E-state index in [2.05, 4.69) is 50.9 Å². The van der Waals surface area contributed by atoms with E-state index in [1.165, 1.54) is 22.3 Å². The summed E-state index contributed by atoms with van der Waals surface area (Å²) in [5.41, 5.74) is 5.45. The second kappa shape index (κ2) is 5.86. The van der Waals surface area contributed by atoms with Crippen molar-refractivity contribution in [3.8, 4) is 0 Å². The van der Waals surface area contributed by atoms with Crippen molar-refractivity contribution in [3.63, 3.8) is 0 Å². The Hall–Kier alpha value is -1.08. The lowest BCUT2D eigenvalue weighted by atomic mass is 9.94. The Bertz CT molecular complexity index is 366. The Labute approximate surface area is 99.6 Å². The summed E-state index contributed by atoms with van der Waals surface area (Å²) in [5, 5.41) is 3.40. The Kier molecular flexibility index (Phi) is 4.75. The van der Waals surface area contributed by atoms with Gasteiger partial charge < -0.3 is 5.32 Å². The first kappa shape index (κ1) is 13.0. The zero-order valence-electron chi connectivity index (χ0n) is 10.9. The van der Waals surface area contributed by atoms with Gasteiger partial charge in [-0.05, 0) is 57.4 Å². The molecule has 0 aliphatic heterocycles. The average Bonchev–Trinajstić information content (AvgIpc) is 2.24. The molecule has 0 aliphatic rings. The van der Waals surface area contributed by atoms with E-state index in [0.29, 0.717) is 6.04 Å². The predicted molar refractivity (Wildman–Crippen MR) is 71.8 cm³/mol. The van der Waals surface area contributed by atoms with Crippen molar-refractivity contribution in [2.24, 2.45) is 0 Å². The van der Waals surface area contributed by atoms with Crippen LogP contribution in [0.4, 0.5) is 0 Å². The average molecular weight is 217 g/mol. The fraction of sp³-hybridized carbons (Fsp3) is 0.467. The van der Waals surface area contributed by atoms with Gasteiger partial charge in [0.15, 0.2) is 0 Å². The summed E-state index contributed by atoms with van der Waals surface area (Å²) in [6, 6.07) is 6.98. The third-order valence-corrected chi connectivity index (χ3v) is 3.23. The van der Waals surface area contributed by atoms with Crippen molar-refractivity contribution in [2.45, 2.75) is 39.7 Å². The molecule has 1 aromatic rings. The molecule has 88 valence electrons. The molecule has 0 aromatic heterocycles. The van der Waals surface area contributed by atoms with Crippen LogP contribution in [-0.2, 0) is 0 Å². The number of hydrogen-bond acceptors (Lipinski definition) is 1. The Morgan fingerprint density at radius 1 is 1.38 bits per heavy atom. The topological polar surface area (TPSA) is 12.0 Å². The van der Waals surface area contributed by atoms with E-state index in [-0.39, 0.29) is 0 Å². The molecule has 0 spiro atoms. The van der Waals surface area contributed by atoms with E-state index in [1.54, 1.807) is 0 Å². The first-order valence-corrected chi connectivity index (χ1v) is 5.94. The second-order valence-electron chi connectivity index (χ2n) is 4.63. The Morgan fingerprint density at radius 3 is 2.62 bits per heavy atom. The standard InChI is InChI=1S/C15H23N/c1-11(2)9-10-15(16-5)14-8-6-7-12(3)13(14)4/h6-8,15-16H,1,9-10H2,2-5H3. The van der Waals surface area contributed by atoms with Gasteiger partial charge in [0.25, 0.3) is 0 Å². The summed E-state index contributed by atoms with van der Waals surface area (Å²) in [7, 11) is 2.03.